The van der Waals surface area contributed by atoms with E-state index in [0.717, 1.165) is 27.7 Å². The Labute approximate surface area is 377 Å². The molecule has 0 unspecified atom stereocenters. The van der Waals surface area contributed by atoms with Gasteiger partial charge in [0.1, 0.15) is 11.2 Å². The van der Waals surface area contributed by atoms with Crippen molar-refractivity contribution >= 4 is 75.8 Å². The Balaban J connectivity index is 0.999. The minimum absolute atomic E-state index is 0.896. The molecule has 0 radical (unpaired) electrons. The molecule has 0 saturated carbocycles. The van der Waals surface area contributed by atoms with E-state index in [1.165, 1.54) is 115 Å². The maximum Gasteiger partial charge on any atom is 0.139 e. The molecule has 0 spiro atoms. The van der Waals surface area contributed by atoms with Gasteiger partial charge in [-0.1, -0.05) is 206 Å². The molecule has 0 aliphatic heterocycles. The Kier molecular flexibility index (Phi) is 8.41. The zero-order chi connectivity index (χ0) is 43.2. The third-order valence-electron chi connectivity index (χ3n) is 13.9. The molecule has 65 heavy (non-hydrogen) atoms. The molecule has 13 rings (SSSR count). The lowest BCUT2D eigenvalue weighted by Crippen LogP contribution is -1.94. The molecule has 304 valence electrons. The normalized spacial score (nSPS) is 11.8. The molecule has 1 heterocycles. The lowest BCUT2D eigenvalue weighted by atomic mass is 9.84. The van der Waals surface area contributed by atoms with Crippen molar-refractivity contribution in [1.29, 1.82) is 0 Å². The van der Waals surface area contributed by atoms with Gasteiger partial charge in [0.05, 0.1) is 0 Å². The molecule has 0 bridgehead atoms. The highest BCUT2D eigenvalue weighted by Gasteiger charge is 2.23. The molecular weight excluding hydrogens is 785 g/mol. The van der Waals surface area contributed by atoms with Crippen LogP contribution in [0.2, 0.25) is 0 Å². The first-order valence-corrected chi connectivity index (χ1v) is 22.6. The largest absolute Gasteiger partial charge is 0.456 e. The highest BCUT2D eigenvalue weighted by molar-refractivity contribution is 6.26. The van der Waals surface area contributed by atoms with Gasteiger partial charge >= 0.3 is 0 Å². The summed E-state index contributed by atoms with van der Waals surface area (Å²) in [6.45, 7) is 4.51. The monoisotopic (exact) mass is 826 g/mol. The molecule has 1 aromatic heterocycles. The van der Waals surface area contributed by atoms with E-state index in [0.29, 0.717) is 0 Å². The van der Waals surface area contributed by atoms with Gasteiger partial charge in [0.15, 0.2) is 0 Å². The van der Waals surface area contributed by atoms with Crippen LogP contribution in [0.5, 0.6) is 0 Å². The van der Waals surface area contributed by atoms with Gasteiger partial charge in [-0.15, -0.1) is 0 Å². The summed E-state index contributed by atoms with van der Waals surface area (Å²) in [4.78, 5) is 0. The smallest absolute Gasteiger partial charge is 0.139 e. The molecule has 0 fully saturated rings. The van der Waals surface area contributed by atoms with E-state index in [1.54, 1.807) is 0 Å². The summed E-state index contributed by atoms with van der Waals surface area (Å²) < 4.78 is 7.11. The Bertz CT molecular complexity index is 3950. The maximum atomic E-state index is 7.11. The van der Waals surface area contributed by atoms with Gasteiger partial charge < -0.3 is 4.42 Å². The van der Waals surface area contributed by atoms with E-state index >= 15 is 0 Å². The van der Waals surface area contributed by atoms with E-state index in [1.807, 2.05) is 0 Å². The first-order valence-electron chi connectivity index (χ1n) is 22.6. The van der Waals surface area contributed by atoms with Gasteiger partial charge in [-0.25, -0.2) is 0 Å². The zero-order valence-electron chi connectivity index (χ0n) is 36.2. The van der Waals surface area contributed by atoms with Crippen LogP contribution in [-0.4, -0.2) is 0 Å². The molecule has 0 N–H and O–H groups in total. The number of hydrogen-bond acceptors (Lipinski definition) is 1. The highest BCUT2D eigenvalue weighted by Crippen LogP contribution is 2.49. The quantitative estimate of drug-likeness (QED) is 0.158. The summed E-state index contributed by atoms with van der Waals surface area (Å²) in [7, 11) is 0. The van der Waals surface area contributed by atoms with Crippen LogP contribution >= 0.6 is 0 Å². The van der Waals surface area contributed by atoms with E-state index < -0.39 is 0 Å². The fourth-order valence-corrected chi connectivity index (χ4v) is 11.2. The number of rotatable bonds is 5. The van der Waals surface area contributed by atoms with E-state index in [-0.39, 0.29) is 0 Å². The maximum absolute atomic E-state index is 7.11. The standard InChI is InChI=1S/C64H42O/c1-39-37-43(61-51-28-14-10-24-47(51)59(41-19-5-3-6-20-41)48-25-11-15-29-52(48)61)33-35-45(39)58-40(2)64-63(55-32-18-9-23-46(55)58)56-36-34-44(38-57(56)65-64)62-53-30-16-12-26-49(53)60(42-21-7-4-8-22-42)50-27-13-17-31-54(50)62/h3-38H,1-2H3. The lowest BCUT2D eigenvalue weighted by Gasteiger charge is -2.19. The van der Waals surface area contributed by atoms with Crippen molar-refractivity contribution in [2.75, 3.05) is 0 Å². The summed E-state index contributed by atoms with van der Waals surface area (Å²) in [6.07, 6.45) is 0. The van der Waals surface area contributed by atoms with Crippen LogP contribution in [0.25, 0.3) is 131 Å². The van der Waals surface area contributed by atoms with Crippen LogP contribution in [0.3, 0.4) is 0 Å². The summed E-state index contributed by atoms with van der Waals surface area (Å²) in [5, 5.41) is 14.7. The van der Waals surface area contributed by atoms with Crippen LogP contribution in [0.4, 0.5) is 0 Å². The third-order valence-corrected chi connectivity index (χ3v) is 13.9. The highest BCUT2D eigenvalue weighted by atomic mass is 16.3. The molecule has 12 aromatic carbocycles. The first-order chi connectivity index (χ1) is 32.1. The van der Waals surface area contributed by atoms with Crippen LogP contribution in [0, 0.1) is 13.8 Å². The summed E-state index contributed by atoms with van der Waals surface area (Å²) in [6, 6.07) is 79.9. The third kappa shape index (κ3) is 5.65. The van der Waals surface area contributed by atoms with E-state index in [9.17, 15) is 0 Å². The number of aryl methyl sites for hydroxylation is 2. The van der Waals surface area contributed by atoms with Crippen molar-refractivity contribution in [3.63, 3.8) is 0 Å². The van der Waals surface area contributed by atoms with Gasteiger partial charge in [-0.05, 0) is 141 Å². The van der Waals surface area contributed by atoms with Gasteiger partial charge in [-0.3, -0.25) is 0 Å². The summed E-state index contributed by atoms with van der Waals surface area (Å²) >= 11 is 0. The van der Waals surface area contributed by atoms with Crippen LogP contribution < -0.4 is 0 Å². The average molecular weight is 827 g/mol. The molecule has 13 aromatic rings. The predicted octanol–water partition coefficient (Wildman–Crippen LogP) is 18.3. The lowest BCUT2D eigenvalue weighted by molar-refractivity contribution is 0.666. The minimum atomic E-state index is 0.896. The topological polar surface area (TPSA) is 13.1 Å². The van der Waals surface area contributed by atoms with Gasteiger partial charge in [0.25, 0.3) is 0 Å². The van der Waals surface area contributed by atoms with Crippen LogP contribution in [-0.2, 0) is 0 Å². The number of benzene rings is 12. The predicted molar refractivity (Wildman–Crippen MR) is 278 cm³/mol. The second-order valence-corrected chi connectivity index (χ2v) is 17.5. The van der Waals surface area contributed by atoms with Crippen molar-refractivity contribution in [2.24, 2.45) is 0 Å². The number of fused-ring (bicyclic) bond motifs is 9. The molecule has 1 nitrogen and oxygen atoms in total. The first kappa shape index (κ1) is 37.3. The Morgan fingerprint density at radius 2 is 0.631 bits per heavy atom. The molecule has 0 aliphatic carbocycles. The molecule has 0 amide bonds. The van der Waals surface area contributed by atoms with Crippen LogP contribution in [0.15, 0.2) is 223 Å². The van der Waals surface area contributed by atoms with Crippen molar-refractivity contribution < 1.29 is 4.42 Å². The van der Waals surface area contributed by atoms with Gasteiger partial charge in [0, 0.05) is 16.3 Å². The SMILES string of the molecule is Cc1cc(-c2c3ccccc3c(-c3ccccc3)c3ccccc23)ccc1-c1c(C)c2oc3cc(-c4c5ccccc5c(-c5ccccc5)c5ccccc45)ccc3c2c2ccccc12. The molecule has 0 saturated heterocycles. The summed E-state index contributed by atoms with van der Waals surface area (Å²) in [5.41, 5.74) is 16.5. The molecule has 1 heteroatoms. The van der Waals surface area contributed by atoms with E-state index in [2.05, 4.69) is 232 Å². The van der Waals surface area contributed by atoms with Crippen molar-refractivity contribution in [3.8, 4) is 55.6 Å². The van der Waals surface area contributed by atoms with Gasteiger partial charge in [-0.2, -0.15) is 0 Å². The van der Waals surface area contributed by atoms with Crippen LogP contribution in [0.1, 0.15) is 11.1 Å². The minimum Gasteiger partial charge on any atom is -0.456 e. The second kappa shape index (κ2) is 14.7. The Morgan fingerprint density at radius 1 is 0.277 bits per heavy atom. The van der Waals surface area contributed by atoms with Gasteiger partial charge in [0.2, 0.25) is 0 Å². The zero-order valence-corrected chi connectivity index (χ0v) is 36.2. The number of furan rings is 1. The Morgan fingerprint density at radius 3 is 1.06 bits per heavy atom. The van der Waals surface area contributed by atoms with Crippen molar-refractivity contribution in [1.82, 2.24) is 0 Å². The second-order valence-electron chi connectivity index (χ2n) is 17.5. The average Bonchev–Trinajstić information content (AvgIpc) is 3.75. The molecule has 0 atom stereocenters. The Hall–Kier alpha value is -8.26. The van der Waals surface area contributed by atoms with E-state index in [4.69, 9.17) is 4.42 Å². The van der Waals surface area contributed by atoms with Crippen molar-refractivity contribution in [3.05, 3.63) is 230 Å². The summed E-state index contributed by atoms with van der Waals surface area (Å²) in [5.74, 6) is 0. The fourth-order valence-electron chi connectivity index (χ4n) is 11.2. The fraction of sp³-hybridized carbons (Fsp3) is 0.0312. The number of hydrogen-bond donors (Lipinski definition) is 0. The van der Waals surface area contributed by atoms with Crippen molar-refractivity contribution in [2.45, 2.75) is 13.8 Å². The molecule has 0 aliphatic rings. The molecular formula is C64H42O.